The van der Waals surface area contributed by atoms with Crippen LogP contribution >= 0.6 is 0 Å². The highest BCUT2D eigenvalue weighted by atomic mass is 16.5. The molecule has 2 rings (SSSR count). The van der Waals surface area contributed by atoms with Crippen LogP contribution in [-0.4, -0.2) is 86.9 Å². The molecule has 2 aliphatic rings. The molecule has 1 unspecified atom stereocenters. The molecular weight excluding hydrogens is 326 g/mol. The molecule has 1 aliphatic carbocycles. The maximum Gasteiger partial charge on any atom is 0.191 e. The lowest BCUT2D eigenvalue weighted by Crippen LogP contribution is -2.51. The first-order valence-electron chi connectivity index (χ1n) is 10.5. The van der Waals surface area contributed by atoms with E-state index in [2.05, 4.69) is 53.1 Å². The fourth-order valence-corrected chi connectivity index (χ4v) is 3.86. The highest BCUT2D eigenvalue weighted by Gasteiger charge is 2.30. The zero-order chi connectivity index (χ0) is 18.9. The van der Waals surface area contributed by atoms with Crippen LogP contribution in [0, 0.1) is 5.92 Å². The maximum atomic E-state index is 5.52. The van der Waals surface area contributed by atoms with Gasteiger partial charge in [0.2, 0.25) is 0 Å². The van der Waals surface area contributed by atoms with E-state index < -0.39 is 0 Å². The standard InChI is InChI=1S/C20H41N5O/c1-16(2)14-19(24-10-12-26-13-11-24)15-23-20(21-5)22-8-9-25(17(3)4)18-6-7-18/h16-19H,6-15H2,1-5H3,(H2,21,22,23). The molecule has 6 heteroatoms. The third kappa shape index (κ3) is 7.41. The van der Waals surface area contributed by atoms with Crippen LogP contribution in [0.2, 0.25) is 0 Å². The Morgan fingerprint density at radius 1 is 1.15 bits per heavy atom. The van der Waals surface area contributed by atoms with Crippen molar-refractivity contribution in [1.82, 2.24) is 20.4 Å². The molecular formula is C20H41N5O. The number of nitrogens with one attached hydrogen (secondary N) is 2. The van der Waals surface area contributed by atoms with Gasteiger partial charge in [0.05, 0.1) is 13.2 Å². The molecule has 2 N–H and O–H groups in total. The Bertz CT molecular complexity index is 414. The first-order chi connectivity index (χ1) is 12.5. The summed E-state index contributed by atoms with van der Waals surface area (Å²) in [7, 11) is 1.86. The molecule has 1 saturated carbocycles. The SMILES string of the molecule is CN=C(NCCN(C(C)C)C1CC1)NCC(CC(C)C)N1CCOCC1. The number of nitrogens with zero attached hydrogens (tertiary/aromatic N) is 3. The Kier molecular flexibility index (Phi) is 9.16. The molecule has 0 radical (unpaired) electrons. The minimum atomic E-state index is 0.538. The van der Waals surface area contributed by atoms with Gasteiger partial charge in [-0.05, 0) is 39.0 Å². The summed E-state index contributed by atoms with van der Waals surface area (Å²) in [5.41, 5.74) is 0. The summed E-state index contributed by atoms with van der Waals surface area (Å²) in [5.74, 6) is 1.62. The molecule has 0 spiro atoms. The second-order valence-electron chi connectivity index (χ2n) is 8.37. The van der Waals surface area contributed by atoms with Crippen LogP contribution in [-0.2, 0) is 4.74 Å². The number of hydrogen-bond donors (Lipinski definition) is 2. The van der Waals surface area contributed by atoms with Gasteiger partial charge < -0.3 is 15.4 Å². The highest BCUT2D eigenvalue weighted by molar-refractivity contribution is 5.79. The fourth-order valence-electron chi connectivity index (χ4n) is 3.86. The molecule has 6 nitrogen and oxygen atoms in total. The maximum absolute atomic E-state index is 5.52. The number of guanidine groups is 1. The number of hydrogen-bond acceptors (Lipinski definition) is 4. The third-order valence-electron chi connectivity index (χ3n) is 5.38. The van der Waals surface area contributed by atoms with Gasteiger partial charge in [-0.2, -0.15) is 0 Å². The summed E-state index contributed by atoms with van der Waals surface area (Å²) in [6.07, 6.45) is 3.93. The molecule has 1 saturated heterocycles. The van der Waals surface area contributed by atoms with Crippen molar-refractivity contribution in [2.45, 2.75) is 65.1 Å². The smallest absolute Gasteiger partial charge is 0.191 e. The van der Waals surface area contributed by atoms with Crippen LogP contribution in [0.15, 0.2) is 4.99 Å². The largest absolute Gasteiger partial charge is 0.379 e. The Morgan fingerprint density at radius 2 is 1.85 bits per heavy atom. The van der Waals surface area contributed by atoms with Gasteiger partial charge in [0.15, 0.2) is 5.96 Å². The molecule has 0 aromatic carbocycles. The van der Waals surface area contributed by atoms with Gasteiger partial charge in [-0.25, -0.2) is 0 Å². The quantitative estimate of drug-likeness (QED) is 0.455. The van der Waals surface area contributed by atoms with Crippen LogP contribution < -0.4 is 10.6 Å². The van der Waals surface area contributed by atoms with Crippen LogP contribution in [0.1, 0.15) is 47.0 Å². The van der Waals surface area contributed by atoms with Gasteiger partial charge in [0.1, 0.15) is 0 Å². The monoisotopic (exact) mass is 367 g/mol. The summed E-state index contributed by atoms with van der Waals surface area (Å²) in [4.78, 5) is 9.59. The van der Waals surface area contributed by atoms with Crippen molar-refractivity contribution in [3.63, 3.8) is 0 Å². The second-order valence-corrected chi connectivity index (χ2v) is 8.37. The number of ether oxygens (including phenoxy) is 1. The predicted molar refractivity (Wildman–Crippen MR) is 110 cm³/mol. The lowest BCUT2D eigenvalue weighted by Gasteiger charge is -2.36. The molecule has 0 bridgehead atoms. The summed E-state index contributed by atoms with van der Waals surface area (Å²) in [6, 6.07) is 1.97. The zero-order valence-electron chi connectivity index (χ0n) is 17.6. The molecule has 152 valence electrons. The van der Waals surface area contributed by atoms with E-state index in [0.29, 0.717) is 18.0 Å². The van der Waals surface area contributed by atoms with Gasteiger partial charge in [-0.3, -0.25) is 14.8 Å². The first kappa shape index (κ1) is 21.5. The van der Waals surface area contributed by atoms with Gasteiger partial charge in [0.25, 0.3) is 0 Å². The number of rotatable bonds is 10. The first-order valence-corrected chi connectivity index (χ1v) is 10.5. The van der Waals surface area contributed by atoms with E-state index in [4.69, 9.17) is 4.74 Å². The molecule has 1 heterocycles. The summed E-state index contributed by atoms with van der Waals surface area (Å²) >= 11 is 0. The van der Waals surface area contributed by atoms with E-state index in [0.717, 1.165) is 57.9 Å². The third-order valence-corrected chi connectivity index (χ3v) is 5.38. The van der Waals surface area contributed by atoms with E-state index in [1.54, 1.807) is 0 Å². The fraction of sp³-hybridized carbons (Fsp3) is 0.950. The van der Waals surface area contributed by atoms with Crippen LogP contribution in [0.4, 0.5) is 0 Å². The zero-order valence-corrected chi connectivity index (χ0v) is 17.6. The van der Waals surface area contributed by atoms with Gasteiger partial charge in [-0.1, -0.05) is 13.8 Å². The van der Waals surface area contributed by atoms with E-state index in [9.17, 15) is 0 Å². The van der Waals surface area contributed by atoms with Crippen molar-refractivity contribution < 1.29 is 4.74 Å². The van der Waals surface area contributed by atoms with E-state index >= 15 is 0 Å². The second kappa shape index (κ2) is 11.1. The summed E-state index contributed by atoms with van der Waals surface area (Å²) in [6.45, 7) is 16.0. The van der Waals surface area contributed by atoms with Crippen molar-refractivity contribution in [3.8, 4) is 0 Å². The van der Waals surface area contributed by atoms with E-state index in [1.165, 1.54) is 19.3 Å². The minimum Gasteiger partial charge on any atom is -0.379 e. The van der Waals surface area contributed by atoms with Crippen LogP contribution in [0.3, 0.4) is 0 Å². The van der Waals surface area contributed by atoms with Crippen molar-refractivity contribution in [1.29, 1.82) is 0 Å². The Balaban J connectivity index is 1.75. The molecule has 1 atom stereocenters. The van der Waals surface area contributed by atoms with Crippen LogP contribution in [0.25, 0.3) is 0 Å². The summed E-state index contributed by atoms with van der Waals surface area (Å²) < 4.78 is 5.52. The molecule has 0 amide bonds. The number of aliphatic imine (C=N–C) groups is 1. The molecule has 26 heavy (non-hydrogen) atoms. The van der Waals surface area contributed by atoms with Crippen molar-refractivity contribution in [2.24, 2.45) is 10.9 Å². The van der Waals surface area contributed by atoms with Crippen molar-refractivity contribution in [3.05, 3.63) is 0 Å². The number of morpholine rings is 1. The average molecular weight is 368 g/mol. The van der Waals surface area contributed by atoms with Crippen molar-refractivity contribution >= 4 is 5.96 Å². The van der Waals surface area contributed by atoms with Crippen molar-refractivity contribution in [2.75, 3.05) is 53.0 Å². The molecule has 2 fully saturated rings. The topological polar surface area (TPSA) is 52.1 Å². The lowest BCUT2D eigenvalue weighted by atomic mass is 10.0. The highest BCUT2D eigenvalue weighted by Crippen LogP contribution is 2.27. The Hall–Kier alpha value is -0.850. The van der Waals surface area contributed by atoms with Gasteiger partial charge >= 0.3 is 0 Å². The Labute approximate surface area is 160 Å². The average Bonchev–Trinajstić information content (AvgIpc) is 3.45. The minimum absolute atomic E-state index is 0.538. The lowest BCUT2D eigenvalue weighted by molar-refractivity contribution is 0.0132. The molecule has 0 aromatic heterocycles. The predicted octanol–water partition coefficient (Wildman–Crippen LogP) is 1.77. The van der Waals surface area contributed by atoms with Crippen LogP contribution in [0.5, 0.6) is 0 Å². The van der Waals surface area contributed by atoms with Gasteiger partial charge in [0, 0.05) is 57.9 Å². The van der Waals surface area contributed by atoms with E-state index in [1.807, 2.05) is 7.05 Å². The summed E-state index contributed by atoms with van der Waals surface area (Å²) in [5, 5.41) is 7.06. The normalized spacial score (nSPS) is 20.8. The molecule has 0 aromatic rings. The van der Waals surface area contributed by atoms with E-state index in [-0.39, 0.29) is 0 Å². The Morgan fingerprint density at radius 3 is 2.38 bits per heavy atom. The van der Waals surface area contributed by atoms with Gasteiger partial charge in [-0.15, -0.1) is 0 Å². The molecule has 1 aliphatic heterocycles.